The number of anilines is 1. The molecule has 1 aromatic carbocycles. The van der Waals surface area contributed by atoms with E-state index in [1.54, 1.807) is 17.0 Å². The zero-order valence-electron chi connectivity index (χ0n) is 11.4. The van der Waals surface area contributed by atoms with E-state index in [4.69, 9.17) is 0 Å². The van der Waals surface area contributed by atoms with Crippen LogP contribution in [0, 0.1) is 10.1 Å². The lowest BCUT2D eigenvalue weighted by atomic mass is 9.90. The molecule has 2 N–H and O–H groups in total. The second-order valence-corrected chi connectivity index (χ2v) is 4.97. The van der Waals surface area contributed by atoms with Crippen molar-refractivity contribution in [3.63, 3.8) is 0 Å². The topological polar surface area (TPSA) is 95.7 Å². The monoisotopic (exact) mass is 279 g/mol. The highest BCUT2D eigenvalue weighted by molar-refractivity contribution is 5.95. The quantitative estimate of drug-likeness (QED) is 0.631. The van der Waals surface area contributed by atoms with Gasteiger partial charge in [-0.2, -0.15) is 0 Å². The van der Waals surface area contributed by atoms with E-state index in [-0.39, 0.29) is 17.2 Å². The van der Waals surface area contributed by atoms with Crippen LogP contribution in [0.15, 0.2) is 18.2 Å². The van der Waals surface area contributed by atoms with Gasteiger partial charge in [0, 0.05) is 31.8 Å². The molecule has 0 bridgehead atoms. The number of nitrogens with zero attached hydrogens (tertiary/aromatic N) is 2. The number of hydrogen-bond acceptors (Lipinski definition) is 5. The zero-order valence-corrected chi connectivity index (χ0v) is 11.4. The molecule has 7 heteroatoms. The van der Waals surface area contributed by atoms with Gasteiger partial charge in [0.25, 0.3) is 11.6 Å². The van der Waals surface area contributed by atoms with Crippen molar-refractivity contribution in [3.8, 4) is 0 Å². The lowest BCUT2D eigenvalue weighted by Gasteiger charge is -2.47. The van der Waals surface area contributed by atoms with E-state index in [0.717, 1.165) is 0 Å². The Kier molecular flexibility index (Phi) is 3.63. The first-order valence-corrected chi connectivity index (χ1v) is 6.38. The van der Waals surface area contributed by atoms with E-state index in [9.17, 15) is 20.0 Å². The number of nitro benzene ring substituents is 1. The summed E-state index contributed by atoms with van der Waals surface area (Å²) in [4.78, 5) is 23.9. The number of carbonyl (C=O) groups excluding carboxylic acids is 1. The third-order valence-electron chi connectivity index (χ3n) is 3.63. The molecule has 0 saturated carbocycles. The van der Waals surface area contributed by atoms with E-state index < -0.39 is 10.5 Å². The summed E-state index contributed by atoms with van der Waals surface area (Å²) in [7, 11) is 1.47. The SMILES string of the molecule is CCC1(O)CN(c2ccc(C(=O)NC)cc2[N+](=O)[O-])C1. The molecule has 108 valence electrons. The summed E-state index contributed by atoms with van der Waals surface area (Å²) in [5.74, 6) is -0.367. The number of nitrogens with one attached hydrogen (secondary N) is 1. The van der Waals surface area contributed by atoms with Gasteiger partial charge in [-0.3, -0.25) is 14.9 Å². The van der Waals surface area contributed by atoms with Gasteiger partial charge in [-0.25, -0.2) is 0 Å². The Bertz CT molecular complexity index is 553. The first-order valence-electron chi connectivity index (χ1n) is 6.38. The molecule has 20 heavy (non-hydrogen) atoms. The standard InChI is InChI=1S/C13H17N3O4/c1-3-13(18)7-15(8-13)10-5-4-9(12(17)14-2)6-11(10)16(19)20/h4-6,18H,3,7-8H2,1-2H3,(H,14,17). The number of amides is 1. The van der Waals surface area contributed by atoms with Gasteiger partial charge in [-0.15, -0.1) is 0 Å². The van der Waals surface area contributed by atoms with Gasteiger partial charge in [0.2, 0.25) is 0 Å². The minimum atomic E-state index is -0.771. The van der Waals surface area contributed by atoms with Gasteiger partial charge in [-0.05, 0) is 18.6 Å². The molecule has 2 rings (SSSR count). The van der Waals surface area contributed by atoms with Crippen LogP contribution in [0.1, 0.15) is 23.7 Å². The van der Waals surface area contributed by atoms with Crippen LogP contribution >= 0.6 is 0 Å². The molecular weight excluding hydrogens is 262 g/mol. The van der Waals surface area contributed by atoms with E-state index in [1.807, 2.05) is 6.92 Å². The molecule has 0 aliphatic carbocycles. The molecule has 1 saturated heterocycles. The fourth-order valence-corrected chi connectivity index (χ4v) is 2.28. The molecule has 1 aromatic rings. The van der Waals surface area contributed by atoms with Crippen LogP contribution < -0.4 is 10.2 Å². The predicted molar refractivity (Wildman–Crippen MR) is 73.9 cm³/mol. The molecule has 0 atom stereocenters. The molecule has 7 nitrogen and oxygen atoms in total. The summed E-state index contributed by atoms with van der Waals surface area (Å²) in [6.45, 7) is 2.60. The largest absolute Gasteiger partial charge is 0.386 e. The maximum atomic E-state index is 11.5. The third-order valence-corrected chi connectivity index (χ3v) is 3.63. The van der Waals surface area contributed by atoms with E-state index >= 15 is 0 Å². The summed E-state index contributed by atoms with van der Waals surface area (Å²) in [5.41, 5.74) is -0.216. The Labute approximate surface area is 116 Å². The van der Waals surface area contributed by atoms with Gasteiger partial charge < -0.3 is 15.3 Å². The third kappa shape index (κ3) is 2.44. The smallest absolute Gasteiger partial charge is 0.293 e. The van der Waals surface area contributed by atoms with Crippen molar-refractivity contribution in [1.82, 2.24) is 5.32 Å². The number of aliphatic hydroxyl groups is 1. The maximum absolute atomic E-state index is 11.5. The zero-order chi connectivity index (χ0) is 14.9. The van der Waals surface area contributed by atoms with Crippen LogP contribution in [0.5, 0.6) is 0 Å². The fourth-order valence-electron chi connectivity index (χ4n) is 2.28. The first kappa shape index (κ1) is 14.3. The summed E-state index contributed by atoms with van der Waals surface area (Å²) in [6.07, 6.45) is 0.605. The molecule has 1 aliphatic heterocycles. The lowest BCUT2D eigenvalue weighted by Crippen LogP contribution is -2.61. The molecule has 0 aromatic heterocycles. The van der Waals surface area contributed by atoms with Crippen LogP contribution in [0.25, 0.3) is 0 Å². The Morgan fingerprint density at radius 1 is 1.55 bits per heavy atom. The van der Waals surface area contributed by atoms with Crippen molar-refractivity contribution in [2.45, 2.75) is 18.9 Å². The molecule has 1 heterocycles. The highest BCUT2D eigenvalue weighted by Crippen LogP contribution is 2.36. The van der Waals surface area contributed by atoms with Crippen molar-refractivity contribution < 1.29 is 14.8 Å². The summed E-state index contributed by atoms with van der Waals surface area (Å²) in [5, 5.41) is 23.6. The number of benzene rings is 1. The lowest BCUT2D eigenvalue weighted by molar-refractivity contribution is -0.384. The highest BCUT2D eigenvalue weighted by Gasteiger charge is 2.41. The molecule has 0 spiro atoms. The molecule has 1 amide bonds. The van der Waals surface area contributed by atoms with Gasteiger partial charge in [0.15, 0.2) is 0 Å². The van der Waals surface area contributed by atoms with Crippen LogP contribution in [-0.4, -0.2) is 41.7 Å². The van der Waals surface area contributed by atoms with E-state index in [1.165, 1.54) is 13.1 Å². The molecule has 1 fully saturated rings. The Morgan fingerprint density at radius 3 is 2.70 bits per heavy atom. The Hall–Kier alpha value is -2.15. The van der Waals surface area contributed by atoms with Crippen LogP contribution in [0.3, 0.4) is 0 Å². The Balaban J connectivity index is 2.30. The molecule has 1 aliphatic rings. The van der Waals surface area contributed by atoms with E-state index in [2.05, 4.69) is 5.32 Å². The molecule has 0 unspecified atom stereocenters. The average Bonchev–Trinajstić information content (AvgIpc) is 2.42. The maximum Gasteiger partial charge on any atom is 0.293 e. The average molecular weight is 279 g/mol. The van der Waals surface area contributed by atoms with Crippen molar-refractivity contribution in [2.75, 3.05) is 25.0 Å². The normalized spacial score (nSPS) is 16.4. The summed E-state index contributed by atoms with van der Waals surface area (Å²) in [6, 6.07) is 4.36. The van der Waals surface area contributed by atoms with Crippen LogP contribution in [-0.2, 0) is 0 Å². The van der Waals surface area contributed by atoms with Gasteiger partial charge in [0.05, 0.1) is 10.5 Å². The van der Waals surface area contributed by atoms with Crippen LogP contribution in [0.4, 0.5) is 11.4 Å². The number of nitro groups is 1. The number of hydrogen-bond donors (Lipinski definition) is 2. The summed E-state index contributed by atoms with van der Waals surface area (Å²) < 4.78 is 0. The van der Waals surface area contributed by atoms with Gasteiger partial charge in [-0.1, -0.05) is 6.92 Å². The minimum absolute atomic E-state index is 0.121. The second kappa shape index (κ2) is 5.09. The highest BCUT2D eigenvalue weighted by atomic mass is 16.6. The van der Waals surface area contributed by atoms with Gasteiger partial charge >= 0.3 is 0 Å². The second-order valence-electron chi connectivity index (χ2n) is 4.97. The first-order chi connectivity index (χ1) is 9.40. The minimum Gasteiger partial charge on any atom is -0.386 e. The summed E-state index contributed by atoms with van der Waals surface area (Å²) >= 11 is 0. The van der Waals surface area contributed by atoms with Crippen molar-refractivity contribution in [2.24, 2.45) is 0 Å². The van der Waals surface area contributed by atoms with Gasteiger partial charge in [0.1, 0.15) is 5.69 Å². The van der Waals surface area contributed by atoms with Crippen molar-refractivity contribution in [1.29, 1.82) is 0 Å². The number of rotatable bonds is 4. The molecular formula is C13H17N3O4. The number of β-amino-alcohol motifs (C(OH)–C–C–N with tert-alkyl or cyclic N) is 1. The van der Waals surface area contributed by atoms with Crippen molar-refractivity contribution >= 4 is 17.3 Å². The number of carbonyl (C=O) groups is 1. The molecule has 0 radical (unpaired) electrons. The van der Waals surface area contributed by atoms with E-state index in [0.29, 0.717) is 25.2 Å². The Morgan fingerprint density at radius 2 is 2.20 bits per heavy atom. The van der Waals surface area contributed by atoms with Crippen molar-refractivity contribution in [3.05, 3.63) is 33.9 Å². The van der Waals surface area contributed by atoms with Crippen LogP contribution in [0.2, 0.25) is 0 Å². The predicted octanol–water partition coefficient (Wildman–Crippen LogP) is 0.915. The fraction of sp³-hybridized carbons (Fsp3) is 0.462.